The van der Waals surface area contributed by atoms with Gasteiger partial charge in [-0.2, -0.15) is 0 Å². The van der Waals surface area contributed by atoms with Crippen LogP contribution in [-0.2, 0) is 16.1 Å². The first-order valence-electron chi connectivity index (χ1n) is 4.91. The number of methoxy groups -OCH3 is 2. The number of esters is 1. The molecule has 1 N–H and O–H groups in total. The van der Waals surface area contributed by atoms with Crippen molar-refractivity contribution in [2.75, 3.05) is 14.2 Å². The summed E-state index contributed by atoms with van der Waals surface area (Å²) in [5, 5.41) is 0. The van der Waals surface area contributed by atoms with Crippen LogP contribution in [0.3, 0.4) is 0 Å². The van der Waals surface area contributed by atoms with Crippen molar-refractivity contribution in [1.82, 2.24) is 9.97 Å². The molecule has 1 aromatic heterocycles. The number of aromatic nitrogens is 2. The zero-order chi connectivity index (χ0) is 12.4. The van der Waals surface area contributed by atoms with Crippen LogP contribution in [0.1, 0.15) is 16.2 Å². The van der Waals surface area contributed by atoms with E-state index in [1.54, 1.807) is 0 Å². The highest BCUT2D eigenvalue weighted by Crippen LogP contribution is 2.20. The number of rotatable bonds is 3. The minimum atomic E-state index is -0.539. The molecule has 2 rings (SSSR count). The molecule has 5 nitrogen and oxygen atoms in total. The Labute approximate surface area is 96.6 Å². The summed E-state index contributed by atoms with van der Waals surface area (Å²) in [6, 6.07) is 2.55. The van der Waals surface area contributed by atoms with Crippen LogP contribution in [0.2, 0.25) is 0 Å². The lowest BCUT2D eigenvalue weighted by atomic mass is 10.2. The third-order valence-electron chi connectivity index (χ3n) is 2.33. The lowest BCUT2D eigenvalue weighted by molar-refractivity contribution is 0.0602. The van der Waals surface area contributed by atoms with Crippen molar-refractivity contribution in [2.45, 2.75) is 6.61 Å². The molecule has 0 aliphatic carbocycles. The average Bonchev–Trinajstić information content (AvgIpc) is 2.74. The van der Waals surface area contributed by atoms with Crippen LogP contribution in [0.4, 0.5) is 4.39 Å². The molecule has 0 unspecified atom stereocenters. The highest BCUT2D eigenvalue weighted by atomic mass is 19.1. The molecule has 0 amide bonds. The van der Waals surface area contributed by atoms with E-state index in [0.717, 1.165) is 0 Å². The van der Waals surface area contributed by atoms with Crippen molar-refractivity contribution in [3.63, 3.8) is 0 Å². The number of halogens is 1. The van der Waals surface area contributed by atoms with E-state index in [4.69, 9.17) is 4.74 Å². The van der Waals surface area contributed by atoms with E-state index in [-0.39, 0.29) is 17.7 Å². The fourth-order valence-corrected chi connectivity index (χ4v) is 1.59. The summed E-state index contributed by atoms with van der Waals surface area (Å²) >= 11 is 0. The Morgan fingerprint density at radius 3 is 2.88 bits per heavy atom. The number of hydrogen-bond donors (Lipinski definition) is 1. The summed E-state index contributed by atoms with van der Waals surface area (Å²) in [4.78, 5) is 18.3. The first-order chi connectivity index (χ1) is 8.17. The van der Waals surface area contributed by atoms with Crippen molar-refractivity contribution in [3.05, 3.63) is 29.3 Å². The van der Waals surface area contributed by atoms with Crippen LogP contribution in [0, 0.1) is 5.82 Å². The number of hydrogen-bond acceptors (Lipinski definition) is 4. The zero-order valence-corrected chi connectivity index (χ0v) is 9.41. The van der Waals surface area contributed by atoms with E-state index >= 15 is 0 Å². The van der Waals surface area contributed by atoms with Crippen LogP contribution in [-0.4, -0.2) is 30.2 Å². The van der Waals surface area contributed by atoms with Gasteiger partial charge in [0.1, 0.15) is 17.9 Å². The molecular weight excluding hydrogens is 227 g/mol. The highest BCUT2D eigenvalue weighted by molar-refractivity contribution is 6.02. The quantitative estimate of drug-likeness (QED) is 0.825. The van der Waals surface area contributed by atoms with Crippen LogP contribution in [0.25, 0.3) is 11.0 Å². The Balaban J connectivity index is 2.62. The highest BCUT2D eigenvalue weighted by Gasteiger charge is 2.16. The Morgan fingerprint density at radius 1 is 1.47 bits per heavy atom. The second-order valence-corrected chi connectivity index (χ2v) is 3.43. The monoisotopic (exact) mass is 238 g/mol. The maximum Gasteiger partial charge on any atom is 0.340 e. The number of carbonyl (C=O) groups excluding carboxylic acids is 1. The van der Waals surface area contributed by atoms with Gasteiger partial charge in [0.25, 0.3) is 0 Å². The first kappa shape index (κ1) is 11.5. The normalized spacial score (nSPS) is 10.8. The standard InChI is InChI=1S/C11H11FN2O3/c1-16-5-8-13-9-6(11(15)17-2)3-4-7(12)10(9)14-8/h3-4H,5H2,1-2H3,(H,13,14). The molecule has 0 saturated heterocycles. The number of aromatic amines is 1. The number of fused-ring (bicyclic) bond motifs is 1. The fraction of sp³-hybridized carbons (Fsp3) is 0.273. The van der Waals surface area contributed by atoms with E-state index in [1.165, 1.54) is 26.4 Å². The first-order valence-corrected chi connectivity index (χ1v) is 4.91. The van der Waals surface area contributed by atoms with E-state index < -0.39 is 11.8 Å². The molecule has 90 valence electrons. The van der Waals surface area contributed by atoms with E-state index in [2.05, 4.69) is 14.7 Å². The van der Waals surface area contributed by atoms with Gasteiger partial charge in [0.05, 0.1) is 18.2 Å². The molecule has 0 aliphatic heterocycles. The van der Waals surface area contributed by atoms with E-state index in [9.17, 15) is 9.18 Å². The molecule has 1 aromatic carbocycles. The third kappa shape index (κ3) is 1.99. The topological polar surface area (TPSA) is 64.2 Å². The number of nitrogens with zero attached hydrogens (tertiary/aromatic N) is 1. The molecule has 0 radical (unpaired) electrons. The maximum absolute atomic E-state index is 13.5. The predicted octanol–water partition coefficient (Wildman–Crippen LogP) is 1.64. The third-order valence-corrected chi connectivity index (χ3v) is 2.33. The second-order valence-electron chi connectivity index (χ2n) is 3.43. The van der Waals surface area contributed by atoms with Crippen molar-refractivity contribution >= 4 is 17.0 Å². The average molecular weight is 238 g/mol. The van der Waals surface area contributed by atoms with Gasteiger partial charge in [-0.1, -0.05) is 0 Å². The minimum Gasteiger partial charge on any atom is -0.465 e. The van der Waals surface area contributed by atoms with Crippen molar-refractivity contribution < 1.29 is 18.7 Å². The molecule has 1 heterocycles. The molecule has 2 aromatic rings. The second kappa shape index (κ2) is 4.50. The summed E-state index contributed by atoms with van der Waals surface area (Å²) in [6.07, 6.45) is 0. The Kier molecular flexibility index (Phi) is 3.06. The van der Waals surface area contributed by atoms with E-state index in [1.807, 2.05) is 0 Å². The summed E-state index contributed by atoms with van der Waals surface area (Å²) in [7, 11) is 2.77. The maximum atomic E-state index is 13.5. The lowest BCUT2D eigenvalue weighted by Crippen LogP contribution is -2.02. The lowest BCUT2D eigenvalue weighted by Gasteiger charge is -2.00. The van der Waals surface area contributed by atoms with Crippen molar-refractivity contribution in [2.24, 2.45) is 0 Å². The van der Waals surface area contributed by atoms with Gasteiger partial charge in [0, 0.05) is 7.11 Å². The van der Waals surface area contributed by atoms with Gasteiger partial charge < -0.3 is 14.5 Å². The fourth-order valence-electron chi connectivity index (χ4n) is 1.59. The van der Waals surface area contributed by atoms with Gasteiger partial charge in [-0.3, -0.25) is 0 Å². The molecule has 17 heavy (non-hydrogen) atoms. The van der Waals surface area contributed by atoms with Gasteiger partial charge in [0.15, 0.2) is 5.82 Å². The number of benzene rings is 1. The molecule has 0 saturated carbocycles. The number of ether oxygens (including phenoxy) is 2. The number of imidazole rings is 1. The zero-order valence-electron chi connectivity index (χ0n) is 9.41. The van der Waals surface area contributed by atoms with Gasteiger partial charge in [-0.05, 0) is 12.1 Å². The van der Waals surface area contributed by atoms with Crippen LogP contribution in [0.5, 0.6) is 0 Å². The van der Waals surface area contributed by atoms with Gasteiger partial charge in [-0.25, -0.2) is 14.2 Å². The predicted molar refractivity (Wildman–Crippen MR) is 58.1 cm³/mol. The Hall–Kier alpha value is -1.95. The minimum absolute atomic E-state index is 0.111. The number of carbonyl (C=O) groups is 1. The molecule has 0 aliphatic rings. The molecule has 0 fully saturated rings. The Bertz CT molecular complexity index is 565. The van der Waals surface area contributed by atoms with Gasteiger partial charge >= 0.3 is 5.97 Å². The van der Waals surface area contributed by atoms with Crippen LogP contribution < -0.4 is 0 Å². The SMILES string of the molecule is COCc1nc2c(F)ccc(C(=O)OC)c2[nH]1. The van der Waals surface area contributed by atoms with Gasteiger partial charge in [0.2, 0.25) is 0 Å². The summed E-state index contributed by atoms with van der Waals surface area (Å²) in [6.45, 7) is 0.217. The molecular formula is C11H11FN2O3. The molecule has 0 atom stereocenters. The van der Waals surface area contributed by atoms with Crippen LogP contribution in [0.15, 0.2) is 12.1 Å². The van der Waals surface area contributed by atoms with Crippen molar-refractivity contribution in [3.8, 4) is 0 Å². The molecule has 0 bridgehead atoms. The van der Waals surface area contributed by atoms with Crippen molar-refractivity contribution in [1.29, 1.82) is 0 Å². The largest absolute Gasteiger partial charge is 0.465 e. The molecule has 0 spiro atoms. The summed E-state index contributed by atoms with van der Waals surface area (Å²) in [5.74, 6) is -0.577. The smallest absolute Gasteiger partial charge is 0.340 e. The number of H-pyrrole nitrogens is 1. The summed E-state index contributed by atoms with van der Waals surface area (Å²) < 4.78 is 23.0. The van der Waals surface area contributed by atoms with E-state index in [0.29, 0.717) is 11.3 Å². The summed E-state index contributed by atoms with van der Waals surface area (Å²) in [5.41, 5.74) is 0.683. The Morgan fingerprint density at radius 2 is 2.24 bits per heavy atom. The number of nitrogens with one attached hydrogen (secondary N) is 1. The molecule has 6 heteroatoms. The van der Waals surface area contributed by atoms with Crippen LogP contribution >= 0.6 is 0 Å². The van der Waals surface area contributed by atoms with Gasteiger partial charge in [-0.15, -0.1) is 0 Å².